The fourth-order valence-corrected chi connectivity index (χ4v) is 11.5. The van der Waals surface area contributed by atoms with Crippen LogP contribution in [0.1, 0.15) is 92.4 Å². The summed E-state index contributed by atoms with van der Waals surface area (Å²) in [7, 11) is 1.85. The van der Waals surface area contributed by atoms with E-state index in [2.05, 4.69) is 27.7 Å². The number of hydrogen-bond acceptors (Lipinski definition) is 4. The van der Waals surface area contributed by atoms with E-state index in [-0.39, 0.29) is 29.3 Å². The van der Waals surface area contributed by atoms with Crippen molar-refractivity contribution >= 4 is 0 Å². The normalized spacial score (nSPS) is 56.2. The quantitative estimate of drug-likeness (QED) is 0.454. The Bertz CT molecular complexity index is 752. The molecule has 5 saturated carbocycles. The molecule has 5 fully saturated rings. The van der Waals surface area contributed by atoms with E-state index < -0.39 is 12.2 Å². The van der Waals surface area contributed by atoms with Crippen molar-refractivity contribution in [1.29, 1.82) is 0 Å². The number of methoxy groups -OCH3 is 1. The van der Waals surface area contributed by atoms with Gasteiger partial charge in [0.25, 0.3) is 0 Å². The lowest BCUT2D eigenvalue weighted by molar-refractivity contribution is -0.227. The molecular weight excluding hydrogens is 448 g/mol. The molecule has 0 radical (unpaired) electrons. The number of aliphatic hydroxyl groups excluding tert-OH is 3. The van der Waals surface area contributed by atoms with Crippen LogP contribution in [0.4, 0.5) is 0 Å². The molecule has 0 aromatic heterocycles. The van der Waals surface area contributed by atoms with Gasteiger partial charge in [-0.15, -0.1) is 0 Å². The van der Waals surface area contributed by atoms with Crippen molar-refractivity contribution in [2.24, 2.45) is 76.4 Å². The first-order valence-electron chi connectivity index (χ1n) is 15.6. The number of fused-ring (bicyclic) bond motifs is 3. The number of ether oxygens (including phenoxy) is 1. The van der Waals surface area contributed by atoms with Gasteiger partial charge in [0, 0.05) is 19.6 Å². The van der Waals surface area contributed by atoms with Crippen molar-refractivity contribution < 1.29 is 20.1 Å². The fourth-order valence-electron chi connectivity index (χ4n) is 11.5. The SMILES string of the molecule is COCC1CCCC(C2CCC(C)C3C(O)C4C(CC23)CC2CC(C)C(C(C)O)C(O)C2(C)C4C)C1. The molecule has 5 rings (SSSR count). The lowest BCUT2D eigenvalue weighted by Gasteiger charge is -2.65. The number of hydrogen-bond donors (Lipinski definition) is 3. The van der Waals surface area contributed by atoms with Gasteiger partial charge in [-0.1, -0.05) is 47.0 Å². The molecule has 0 spiro atoms. The van der Waals surface area contributed by atoms with Crippen LogP contribution in [0.3, 0.4) is 0 Å². The van der Waals surface area contributed by atoms with Gasteiger partial charge in [0.05, 0.1) is 18.3 Å². The molecule has 0 amide bonds. The molecule has 16 unspecified atom stereocenters. The highest BCUT2D eigenvalue weighted by Crippen LogP contribution is 2.65. The minimum atomic E-state index is -0.497. The molecule has 0 aromatic rings. The summed E-state index contributed by atoms with van der Waals surface area (Å²) in [5.74, 6) is 5.81. The summed E-state index contributed by atoms with van der Waals surface area (Å²) in [5, 5.41) is 34.5. The van der Waals surface area contributed by atoms with Crippen LogP contribution in [0.2, 0.25) is 0 Å². The standard InChI is InChI=1S/C32H56O4/c1-17-10-11-25(22-9-7-8-21(13-22)16-36-6)26-15-23-14-24-12-18(2)27(20(4)33)31(35)32(24,5)19(3)29(23)30(34)28(17)26/h17-31,33-35H,7-16H2,1-6H3. The second kappa shape index (κ2) is 10.4. The van der Waals surface area contributed by atoms with Gasteiger partial charge < -0.3 is 20.1 Å². The minimum Gasteiger partial charge on any atom is -0.393 e. The van der Waals surface area contributed by atoms with Crippen LogP contribution in [-0.2, 0) is 4.74 Å². The molecular formula is C32H56O4. The topological polar surface area (TPSA) is 69.9 Å². The van der Waals surface area contributed by atoms with E-state index in [1.165, 1.54) is 44.9 Å². The Labute approximate surface area is 221 Å². The molecule has 36 heavy (non-hydrogen) atoms. The van der Waals surface area contributed by atoms with Gasteiger partial charge in [-0.05, 0) is 116 Å². The van der Waals surface area contributed by atoms with Crippen LogP contribution in [0.25, 0.3) is 0 Å². The molecule has 0 saturated heterocycles. The van der Waals surface area contributed by atoms with Gasteiger partial charge in [-0.2, -0.15) is 0 Å². The largest absolute Gasteiger partial charge is 0.393 e. The lowest BCUT2D eigenvalue weighted by Crippen LogP contribution is -2.65. The summed E-state index contributed by atoms with van der Waals surface area (Å²) in [4.78, 5) is 0. The zero-order valence-electron chi connectivity index (χ0n) is 24.0. The van der Waals surface area contributed by atoms with Crippen molar-refractivity contribution in [3.63, 3.8) is 0 Å². The highest BCUT2D eigenvalue weighted by molar-refractivity contribution is 5.12. The summed E-state index contributed by atoms with van der Waals surface area (Å²) < 4.78 is 5.56. The average Bonchev–Trinajstić information content (AvgIpc) is 2.81. The molecule has 3 N–H and O–H groups in total. The van der Waals surface area contributed by atoms with E-state index in [4.69, 9.17) is 4.74 Å². The molecule has 208 valence electrons. The third kappa shape index (κ3) is 4.33. The zero-order chi connectivity index (χ0) is 25.9. The van der Waals surface area contributed by atoms with Crippen LogP contribution in [0.5, 0.6) is 0 Å². The van der Waals surface area contributed by atoms with Gasteiger partial charge in [-0.3, -0.25) is 0 Å². The Morgan fingerprint density at radius 2 is 1.61 bits per heavy atom. The average molecular weight is 505 g/mol. The maximum Gasteiger partial charge on any atom is 0.0654 e. The molecule has 0 heterocycles. The summed E-state index contributed by atoms with van der Waals surface area (Å²) in [5.41, 5.74) is -0.225. The first-order chi connectivity index (χ1) is 17.1. The zero-order valence-corrected chi connectivity index (χ0v) is 24.0. The fraction of sp³-hybridized carbons (Fsp3) is 1.00. The first kappa shape index (κ1) is 27.4. The van der Waals surface area contributed by atoms with Gasteiger partial charge in [0.15, 0.2) is 0 Å². The van der Waals surface area contributed by atoms with Crippen LogP contribution >= 0.6 is 0 Å². The smallest absolute Gasteiger partial charge is 0.0654 e. The van der Waals surface area contributed by atoms with Crippen molar-refractivity contribution in [2.45, 2.75) is 111 Å². The highest BCUT2D eigenvalue weighted by Gasteiger charge is 2.63. The number of rotatable bonds is 4. The Morgan fingerprint density at radius 1 is 0.861 bits per heavy atom. The Morgan fingerprint density at radius 3 is 2.31 bits per heavy atom. The maximum atomic E-state index is 12.2. The molecule has 4 nitrogen and oxygen atoms in total. The van der Waals surface area contributed by atoms with E-state index >= 15 is 0 Å². The van der Waals surface area contributed by atoms with E-state index in [0.29, 0.717) is 35.5 Å². The summed E-state index contributed by atoms with van der Waals surface area (Å²) >= 11 is 0. The van der Waals surface area contributed by atoms with Crippen molar-refractivity contribution in [3.8, 4) is 0 Å². The highest BCUT2D eigenvalue weighted by atomic mass is 16.5. The van der Waals surface area contributed by atoms with Crippen LogP contribution < -0.4 is 0 Å². The molecule has 16 atom stereocenters. The monoisotopic (exact) mass is 504 g/mol. The Kier molecular flexibility index (Phi) is 7.94. The van der Waals surface area contributed by atoms with E-state index in [0.717, 1.165) is 37.2 Å². The predicted octanol–water partition coefficient (Wildman–Crippen LogP) is 5.77. The predicted molar refractivity (Wildman–Crippen MR) is 144 cm³/mol. The Balaban J connectivity index is 1.41. The van der Waals surface area contributed by atoms with Crippen molar-refractivity contribution in [2.75, 3.05) is 13.7 Å². The first-order valence-corrected chi connectivity index (χ1v) is 15.6. The van der Waals surface area contributed by atoms with E-state index in [1.54, 1.807) is 0 Å². The van der Waals surface area contributed by atoms with Gasteiger partial charge in [0.1, 0.15) is 0 Å². The summed E-state index contributed by atoms with van der Waals surface area (Å²) in [6.07, 6.45) is 10.2. The van der Waals surface area contributed by atoms with Crippen molar-refractivity contribution in [1.82, 2.24) is 0 Å². The van der Waals surface area contributed by atoms with Crippen LogP contribution in [0, 0.1) is 76.4 Å². The summed E-state index contributed by atoms with van der Waals surface area (Å²) in [6, 6.07) is 0. The van der Waals surface area contributed by atoms with Crippen molar-refractivity contribution in [3.05, 3.63) is 0 Å². The number of aliphatic hydroxyl groups is 3. The van der Waals surface area contributed by atoms with Gasteiger partial charge in [0.2, 0.25) is 0 Å². The summed E-state index contributed by atoms with van der Waals surface area (Å²) in [6.45, 7) is 12.1. The molecule has 0 bridgehead atoms. The third-order valence-corrected chi connectivity index (χ3v) is 13.3. The Hall–Kier alpha value is -0.160. The third-order valence-electron chi connectivity index (χ3n) is 13.3. The minimum absolute atomic E-state index is 0.0666. The van der Waals surface area contributed by atoms with E-state index in [9.17, 15) is 15.3 Å². The van der Waals surface area contributed by atoms with Gasteiger partial charge in [-0.25, -0.2) is 0 Å². The lowest BCUT2D eigenvalue weighted by atomic mass is 9.41. The molecule has 5 aliphatic carbocycles. The van der Waals surface area contributed by atoms with Crippen LogP contribution in [-0.4, -0.2) is 47.3 Å². The molecule has 0 aliphatic heterocycles. The van der Waals surface area contributed by atoms with Gasteiger partial charge >= 0.3 is 0 Å². The molecule has 0 aromatic carbocycles. The second-order valence-electron chi connectivity index (χ2n) is 14.8. The molecule has 4 heteroatoms. The molecule has 5 aliphatic rings. The maximum absolute atomic E-state index is 12.2. The second-order valence-corrected chi connectivity index (χ2v) is 14.8. The van der Waals surface area contributed by atoms with Crippen LogP contribution in [0.15, 0.2) is 0 Å². The van der Waals surface area contributed by atoms with E-state index in [1.807, 2.05) is 14.0 Å².